The molecule has 10 heteroatoms. The molecule has 1 fully saturated rings. The Morgan fingerprint density at radius 2 is 1.80 bits per heavy atom. The summed E-state index contributed by atoms with van der Waals surface area (Å²) in [5.41, 5.74) is 8.65. The number of rotatable bonds is 7. The molecule has 0 unspecified atom stereocenters. The monoisotopic (exact) mass is 491 g/mol. The maximum atomic E-state index is 13.3. The van der Waals surface area contributed by atoms with Crippen LogP contribution in [0.4, 0.5) is 22.9 Å². The Bertz CT molecular complexity index is 1410. The summed E-state index contributed by atoms with van der Waals surface area (Å²) in [7, 11) is -2.18. The molecular weight excluding hydrogens is 462 g/mol. The number of hydrogen-bond donors (Lipinski definition) is 3. The van der Waals surface area contributed by atoms with E-state index in [1.54, 1.807) is 54.3 Å². The van der Waals surface area contributed by atoms with Crippen LogP contribution >= 0.6 is 0 Å². The van der Waals surface area contributed by atoms with Gasteiger partial charge in [0.15, 0.2) is 5.65 Å². The number of fused-ring (bicyclic) bond motifs is 1. The maximum absolute atomic E-state index is 13.3. The minimum atomic E-state index is -3.73. The number of benzene rings is 2. The van der Waals surface area contributed by atoms with Crippen LogP contribution in [-0.4, -0.2) is 42.1 Å². The number of para-hydroxylation sites is 1. The maximum Gasteiger partial charge on any atom is 0.264 e. The molecule has 1 aliphatic rings. The second-order valence-corrected chi connectivity index (χ2v) is 10.8. The number of anilines is 4. The molecule has 9 nitrogen and oxygen atoms in total. The summed E-state index contributed by atoms with van der Waals surface area (Å²) in [5, 5.41) is 11.5. The molecule has 2 heterocycles. The highest BCUT2D eigenvalue weighted by atomic mass is 32.2. The molecule has 4 N–H and O–H groups in total. The van der Waals surface area contributed by atoms with Gasteiger partial charge >= 0.3 is 0 Å². The van der Waals surface area contributed by atoms with Gasteiger partial charge < -0.3 is 16.4 Å². The Hall–Kier alpha value is -3.63. The highest BCUT2D eigenvalue weighted by Crippen LogP contribution is 2.28. The van der Waals surface area contributed by atoms with Crippen molar-refractivity contribution in [3.63, 3.8) is 0 Å². The second kappa shape index (κ2) is 9.55. The van der Waals surface area contributed by atoms with Crippen molar-refractivity contribution in [1.82, 2.24) is 14.6 Å². The van der Waals surface area contributed by atoms with Gasteiger partial charge in [-0.3, -0.25) is 4.31 Å². The molecular formula is C25H29N7O2S. The number of imidazole rings is 1. The number of nitrogens with one attached hydrogen (secondary N) is 2. The fourth-order valence-corrected chi connectivity index (χ4v) is 5.62. The van der Waals surface area contributed by atoms with Gasteiger partial charge in [-0.1, -0.05) is 24.3 Å². The van der Waals surface area contributed by atoms with E-state index in [0.717, 1.165) is 37.2 Å². The standard InChI is InChI=1S/C25H29N7O2S/c1-31(21-7-3-2-4-8-21)35(33,34)22-9-5-6-20(16-22)28-23-17-24(30-32-15-14-27-25(23)32)29-19-12-10-18(26)11-13-19/h2-9,14-19,28H,10-13,26H2,1H3,(H,29,30). The lowest BCUT2D eigenvalue weighted by Crippen LogP contribution is -2.33. The molecule has 2 aromatic heterocycles. The third-order valence-corrected chi connectivity index (χ3v) is 8.16. The van der Waals surface area contributed by atoms with E-state index in [1.807, 2.05) is 30.3 Å². The van der Waals surface area contributed by atoms with Crippen molar-refractivity contribution in [2.75, 3.05) is 22.0 Å². The third-order valence-electron chi connectivity index (χ3n) is 6.37. The predicted molar refractivity (Wildman–Crippen MR) is 139 cm³/mol. The molecule has 0 radical (unpaired) electrons. The molecule has 182 valence electrons. The van der Waals surface area contributed by atoms with Crippen molar-refractivity contribution in [1.29, 1.82) is 0 Å². The van der Waals surface area contributed by atoms with Gasteiger partial charge in [-0.25, -0.2) is 17.9 Å². The van der Waals surface area contributed by atoms with Crippen molar-refractivity contribution >= 4 is 38.6 Å². The van der Waals surface area contributed by atoms with Gasteiger partial charge in [0.05, 0.1) is 16.3 Å². The largest absolute Gasteiger partial charge is 0.366 e. The van der Waals surface area contributed by atoms with E-state index in [2.05, 4.69) is 20.7 Å². The summed E-state index contributed by atoms with van der Waals surface area (Å²) < 4.78 is 29.5. The van der Waals surface area contributed by atoms with Crippen LogP contribution in [0.2, 0.25) is 0 Å². The van der Waals surface area contributed by atoms with E-state index in [-0.39, 0.29) is 10.9 Å². The quantitative estimate of drug-likeness (QED) is 0.358. The Morgan fingerprint density at radius 3 is 2.57 bits per heavy atom. The summed E-state index contributed by atoms with van der Waals surface area (Å²) in [4.78, 5) is 4.61. The second-order valence-electron chi connectivity index (χ2n) is 8.86. The minimum absolute atomic E-state index is 0.194. The van der Waals surface area contributed by atoms with Crippen LogP contribution in [0.3, 0.4) is 0 Å². The highest BCUT2D eigenvalue weighted by molar-refractivity contribution is 7.92. The summed E-state index contributed by atoms with van der Waals surface area (Å²) in [6.07, 6.45) is 7.47. The van der Waals surface area contributed by atoms with Crippen LogP contribution in [0.25, 0.3) is 5.65 Å². The van der Waals surface area contributed by atoms with Gasteiger partial charge in [0.25, 0.3) is 10.0 Å². The number of aromatic nitrogens is 3. The SMILES string of the molecule is CN(c1ccccc1)S(=O)(=O)c1cccc(Nc2cc(NC3CCC(N)CC3)nn3ccnc23)c1. The van der Waals surface area contributed by atoms with E-state index < -0.39 is 10.0 Å². The van der Waals surface area contributed by atoms with Gasteiger partial charge in [-0.05, 0) is 56.0 Å². The van der Waals surface area contributed by atoms with Crippen LogP contribution in [0.15, 0.2) is 78.0 Å². The van der Waals surface area contributed by atoms with Gasteiger partial charge in [0, 0.05) is 43.3 Å². The fourth-order valence-electron chi connectivity index (χ4n) is 4.38. The lowest BCUT2D eigenvalue weighted by molar-refractivity contribution is 0.410. The van der Waals surface area contributed by atoms with Gasteiger partial charge in [-0.2, -0.15) is 0 Å². The lowest BCUT2D eigenvalue weighted by Gasteiger charge is -2.27. The highest BCUT2D eigenvalue weighted by Gasteiger charge is 2.22. The Morgan fingerprint density at radius 1 is 1.03 bits per heavy atom. The van der Waals surface area contributed by atoms with Gasteiger partial charge in [0.2, 0.25) is 0 Å². The molecule has 0 saturated heterocycles. The number of sulfonamides is 1. The van der Waals surface area contributed by atoms with Crippen molar-refractivity contribution < 1.29 is 8.42 Å². The van der Waals surface area contributed by atoms with Crippen LogP contribution in [0.1, 0.15) is 25.7 Å². The van der Waals surface area contributed by atoms with E-state index in [0.29, 0.717) is 23.1 Å². The first-order valence-corrected chi connectivity index (χ1v) is 13.1. The molecule has 0 bridgehead atoms. The predicted octanol–water partition coefficient (Wildman–Crippen LogP) is 3.98. The van der Waals surface area contributed by atoms with E-state index in [1.165, 1.54) is 4.31 Å². The molecule has 5 rings (SSSR count). The van der Waals surface area contributed by atoms with Gasteiger partial charge in [-0.15, -0.1) is 5.10 Å². The summed E-state index contributed by atoms with van der Waals surface area (Å²) >= 11 is 0. The number of nitrogens with zero attached hydrogens (tertiary/aromatic N) is 4. The zero-order valence-electron chi connectivity index (χ0n) is 19.5. The van der Waals surface area contributed by atoms with E-state index in [4.69, 9.17) is 5.73 Å². The minimum Gasteiger partial charge on any atom is -0.366 e. The molecule has 0 atom stereocenters. The molecule has 0 amide bonds. The van der Waals surface area contributed by atoms with Crippen LogP contribution < -0.4 is 20.7 Å². The normalized spacial score (nSPS) is 18.3. The van der Waals surface area contributed by atoms with Crippen molar-refractivity contribution in [3.8, 4) is 0 Å². The van der Waals surface area contributed by atoms with Gasteiger partial charge in [0.1, 0.15) is 5.82 Å². The fraction of sp³-hybridized carbons (Fsp3) is 0.280. The van der Waals surface area contributed by atoms with Crippen LogP contribution in [0.5, 0.6) is 0 Å². The number of nitrogens with two attached hydrogens (primary N) is 1. The third kappa shape index (κ3) is 4.94. The Balaban J connectivity index is 1.41. The summed E-state index contributed by atoms with van der Waals surface area (Å²) in [6.45, 7) is 0. The average Bonchev–Trinajstić information content (AvgIpc) is 3.35. The molecule has 1 aliphatic carbocycles. The molecule has 4 aromatic rings. The zero-order chi connectivity index (χ0) is 24.4. The Labute approximate surface area is 205 Å². The molecule has 0 spiro atoms. The average molecular weight is 492 g/mol. The van der Waals surface area contributed by atoms with Crippen molar-refractivity contribution in [2.24, 2.45) is 5.73 Å². The van der Waals surface area contributed by atoms with Crippen molar-refractivity contribution in [3.05, 3.63) is 73.1 Å². The topological polar surface area (TPSA) is 118 Å². The van der Waals surface area contributed by atoms with E-state index >= 15 is 0 Å². The van der Waals surface area contributed by atoms with Crippen LogP contribution in [0, 0.1) is 0 Å². The molecule has 0 aliphatic heterocycles. The first-order valence-electron chi connectivity index (χ1n) is 11.7. The molecule has 35 heavy (non-hydrogen) atoms. The first-order chi connectivity index (χ1) is 16.9. The molecule has 1 saturated carbocycles. The lowest BCUT2D eigenvalue weighted by atomic mass is 9.92. The number of hydrogen-bond acceptors (Lipinski definition) is 7. The zero-order valence-corrected chi connectivity index (χ0v) is 20.3. The summed E-state index contributed by atoms with van der Waals surface area (Å²) in [5.74, 6) is 0.728. The van der Waals surface area contributed by atoms with E-state index in [9.17, 15) is 8.42 Å². The van der Waals surface area contributed by atoms with Crippen molar-refractivity contribution in [2.45, 2.75) is 42.7 Å². The smallest absolute Gasteiger partial charge is 0.264 e. The first kappa shape index (κ1) is 23.1. The Kier molecular flexibility index (Phi) is 6.31. The molecule has 2 aromatic carbocycles. The van der Waals surface area contributed by atoms with Crippen LogP contribution in [-0.2, 0) is 10.0 Å². The summed E-state index contributed by atoms with van der Waals surface area (Å²) in [6, 6.07) is 18.3.